The summed E-state index contributed by atoms with van der Waals surface area (Å²) in [6.45, 7) is 2.94. The van der Waals surface area contributed by atoms with Crippen molar-refractivity contribution in [2.45, 2.75) is 13.0 Å². The highest BCUT2D eigenvalue weighted by Gasteiger charge is 2.18. The Morgan fingerprint density at radius 3 is 2.30 bits per heavy atom. The Bertz CT molecular complexity index is 544. The standard InChI is InChI=1S/C15H21N3O2/c1-5-16-15(14-6-7-17-18(14)2)11-8-12(19-3)10-13(9-11)20-4/h6-10,15-16H,5H2,1-4H3. The van der Waals surface area contributed by atoms with Crippen LogP contribution in [0.15, 0.2) is 30.5 Å². The molecule has 0 aliphatic rings. The summed E-state index contributed by atoms with van der Waals surface area (Å²) in [7, 11) is 5.26. The molecule has 1 aromatic carbocycles. The molecule has 0 spiro atoms. The van der Waals surface area contributed by atoms with Crippen LogP contribution in [0, 0.1) is 0 Å². The van der Waals surface area contributed by atoms with Crippen LogP contribution in [0.1, 0.15) is 24.2 Å². The van der Waals surface area contributed by atoms with Gasteiger partial charge < -0.3 is 14.8 Å². The smallest absolute Gasteiger partial charge is 0.122 e. The van der Waals surface area contributed by atoms with Crippen LogP contribution in [0.25, 0.3) is 0 Å². The number of nitrogens with zero attached hydrogens (tertiary/aromatic N) is 2. The predicted molar refractivity (Wildman–Crippen MR) is 78.3 cm³/mol. The third-order valence-electron chi connectivity index (χ3n) is 3.27. The quantitative estimate of drug-likeness (QED) is 0.877. The first-order chi connectivity index (χ1) is 9.69. The second-order valence-electron chi connectivity index (χ2n) is 4.52. The van der Waals surface area contributed by atoms with E-state index in [2.05, 4.69) is 17.3 Å². The van der Waals surface area contributed by atoms with Crippen LogP contribution in [0.5, 0.6) is 11.5 Å². The van der Waals surface area contributed by atoms with Crippen molar-refractivity contribution in [3.8, 4) is 11.5 Å². The number of hydrogen-bond donors (Lipinski definition) is 1. The molecule has 0 amide bonds. The zero-order valence-electron chi connectivity index (χ0n) is 12.4. The van der Waals surface area contributed by atoms with Crippen molar-refractivity contribution in [1.29, 1.82) is 0 Å². The van der Waals surface area contributed by atoms with Crippen molar-refractivity contribution in [3.63, 3.8) is 0 Å². The lowest BCUT2D eigenvalue weighted by Gasteiger charge is -2.20. The Labute approximate surface area is 119 Å². The number of aromatic nitrogens is 2. The summed E-state index contributed by atoms with van der Waals surface area (Å²) in [6, 6.07) is 7.97. The number of hydrogen-bond acceptors (Lipinski definition) is 4. The molecule has 1 heterocycles. The zero-order chi connectivity index (χ0) is 14.5. The van der Waals surface area contributed by atoms with Crippen molar-refractivity contribution in [1.82, 2.24) is 15.1 Å². The number of ether oxygens (including phenoxy) is 2. The summed E-state index contributed by atoms with van der Waals surface area (Å²) in [5.41, 5.74) is 2.19. The lowest BCUT2D eigenvalue weighted by atomic mass is 10.0. The largest absolute Gasteiger partial charge is 0.497 e. The molecule has 2 aromatic rings. The number of methoxy groups -OCH3 is 2. The Morgan fingerprint density at radius 2 is 1.85 bits per heavy atom. The van der Waals surface area contributed by atoms with E-state index in [0.29, 0.717) is 0 Å². The maximum atomic E-state index is 5.34. The molecule has 1 N–H and O–H groups in total. The molecule has 0 saturated heterocycles. The molecule has 0 radical (unpaired) electrons. The van der Waals surface area contributed by atoms with Gasteiger partial charge in [0.15, 0.2) is 0 Å². The van der Waals surface area contributed by atoms with Gasteiger partial charge in [-0.15, -0.1) is 0 Å². The maximum absolute atomic E-state index is 5.34. The Kier molecular flexibility index (Phi) is 4.63. The number of aryl methyl sites for hydroxylation is 1. The van der Waals surface area contributed by atoms with Gasteiger partial charge in [0.25, 0.3) is 0 Å². The SMILES string of the molecule is CCNC(c1cc(OC)cc(OC)c1)c1ccnn1C. The van der Waals surface area contributed by atoms with E-state index in [1.165, 1.54) is 0 Å². The maximum Gasteiger partial charge on any atom is 0.122 e. The van der Waals surface area contributed by atoms with Crippen molar-refractivity contribution >= 4 is 0 Å². The van der Waals surface area contributed by atoms with Gasteiger partial charge in [-0.05, 0) is 30.3 Å². The summed E-state index contributed by atoms with van der Waals surface area (Å²) in [5.74, 6) is 1.56. The highest BCUT2D eigenvalue weighted by molar-refractivity contribution is 5.42. The molecule has 108 valence electrons. The Hall–Kier alpha value is -2.01. The summed E-state index contributed by atoms with van der Waals surface area (Å²) in [5, 5.41) is 7.72. The molecule has 20 heavy (non-hydrogen) atoms. The minimum absolute atomic E-state index is 0.0523. The molecule has 0 fully saturated rings. The van der Waals surface area contributed by atoms with Crippen LogP contribution in [0.3, 0.4) is 0 Å². The van der Waals surface area contributed by atoms with E-state index in [-0.39, 0.29) is 6.04 Å². The zero-order valence-corrected chi connectivity index (χ0v) is 12.4. The summed E-state index contributed by atoms with van der Waals surface area (Å²) < 4.78 is 12.6. The van der Waals surface area contributed by atoms with Gasteiger partial charge in [0.05, 0.1) is 26.0 Å². The van der Waals surface area contributed by atoms with E-state index >= 15 is 0 Å². The lowest BCUT2D eigenvalue weighted by Crippen LogP contribution is -2.24. The van der Waals surface area contributed by atoms with Gasteiger partial charge in [-0.3, -0.25) is 4.68 Å². The van der Waals surface area contributed by atoms with Crippen molar-refractivity contribution < 1.29 is 9.47 Å². The Balaban J connectivity index is 2.46. The molecule has 0 saturated carbocycles. The number of nitrogens with one attached hydrogen (secondary N) is 1. The van der Waals surface area contributed by atoms with Crippen LogP contribution < -0.4 is 14.8 Å². The Morgan fingerprint density at radius 1 is 1.20 bits per heavy atom. The molecule has 1 aromatic heterocycles. The van der Waals surface area contributed by atoms with E-state index in [1.54, 1.807) is 20.4 Å². The molecule has 1 atom stereocenters. The predicted octanol–water partition coefficient (Wildman–Crippen LogP) is 2.14. The first kappa shape index (κ1) is 14.4. The fourth-order valence-corrected chi connectivity index (χ4v) is 2.26. The van der Waals surface area contributed by atoms with Gasteiger partial charge in [-0.25, -0.2) is 0 Å². The van der Waals surface area contributed by atoms with E-state index in [9.17, 15) is 0 Å². The molecular formula is C15H21N3O2. The fraction of sp³-hybridized carbons (Fsp3) is 0.400. The van der Waals surface area contributed by atoms with E-state index in [4.69, 9.17) is 9.47 Å². The topological polar surface area (TPSA) is 48.3 Å². The molecule has 0 bridgehead atoms. The monoisotopic (exact) mass is 275 g/mol. The third kappa shape index (κ3) is 2.93. The fourth-order valence-electron chi connectivity index (χ4n) is 2.26. The third-order valence-corrected chi connectivity index (χ3v) is 3.27. The second-order valence-corrected chi connectivity index (χ2v) is 4.52. The minimum Gasteiger partial charge on any atom is -0.497 e. The number of rotatable bonds is 6. The van der Waals surface area contributed by atoms with Crippen LogP contribution in [0.4, 0.5) is 0 Å². The van der Waals surface area contributed by atoms with E-state index in [0.717, 1.165) is 29.3 Å². The first-order valence-corrected chi connectivity index (χ1v) is 6.63. The molecule has 5 nitrogen and oxygen atoms in total. The molecule has 2 rings (SSSR count). The first-order valence-electron chi connectivity index (χ1n) is 6.63. The van der Waals surface area contributed by atoms with Gasteiger partial charge in [0.2, 0.25) is 0 Å². The van der Waals surface area contributed by atoms with Crippen LogP contribution in [-0.2, 0) is 7.05 Å². The lowest BCUT2D eigenvalue weighted by molar-refractivity contribution is 0.392. The second kappa shape index (κ2) is 6.43. The molecule has 0 aliphatic carbocycles. The van der Waals surface area contributed by atoms with Crippen molar-refractivity contribution in [3.05, 3.63) is 41.7 Å². The van der Waals surface area contributed by atoms with Gasteiger partial charge in [0, 0.05) is 19.3 Å². The van der Waals surface area contributed by atoms with Gasteiger partial charge in [0.1, 0.15) is 11.5 Å². The highest BCUT2D eigenvalue weighted by Crippen LogP contribution is 2.29. The summed E-state index contributed by atoms with van der Waals surface area (Å²) in [6.07, 6.45) is 1.80. The van der Waals surface area contributed by atoms with Crippen molar-refractivity contribution in [2.24, 2.45) is 7.05 Å². The molecular weight excluding hydrogens is 254 g/mol. The normalized spacial score (nSPS) is 12.2. The molecule has 1 unspecified atom stereocenters. The summed E-state index contributed by atoms with van der Waals surface area (Å²) >= 11 is 0. The summed E-state index contributed by atoms with van der Waals surface area (Å²) in [4.78, 5) is 0. The van der Waals surface area contributed by atoms with Crippen LogP contribution >= 0.6 is 0 Å². The van der Waals surface area contributed by atoms with Gasteiger partial charge in [-0.2, -0.15) is 5.10 Å². The molecule has 0 aliphatic heterocycles. The molecule has 5 heteroatoms. The average molecular weight is 275 g/mol. The van der Waals surface area contributed by atoms with Crippen molar-refractivity contribution in [2.75, 3.05) is 20.8 Å². The van der Waals surface area contributed by atoms with Gasteiger partial charge in [-0.1, -0.05) is 6.92 Å². The average Bonchev–Trinajstić information content (AvgIpc) is 2.90. The van der Waals surface area contributed by atoms with Crippen LogP contribution in [-0.4, -0.2) is 30.5 Å². The van der Waals surface area contributed by atoms with Gasteiger partial charge >= 0.3 is 0 Å². The number of benzene rings is 1. The highest BCUT2D eigenvalue weighted by atomic mass is 16.5. The van der Waals surface area contributed by atoms with E-state index < -0.39 is 0 Å². The van der Waals surface area contributed by atoms with E-state index in [1.807, 2.05) is 36.0 Å². The van der Waals surface area contributed by atoms with Crippen LogP contribution in [0.2, 0.25) is 0 Å². The minimum atomic E-state index is 0.0523.